The van der Waals surface area contributed by atoms with E-state index in [9.17, 15) is 4.79 Å². The van der Waals surface area contributed by atoms with Gasteiger partial charge in [0.25, 0.3) is 0 Å². The molecular weight excluding hydrogens is 364 g/mol. The molecule has 1 unspecified atom stereocenters. The summed E-state index contributed by atoms with van der Waals surface area (Å²) in [6, 6.07) is 11.0. The first-order valence-electron chi connectivity index (χ1n) is 11.3. The maximum atomic E-state index is 12.7. The van der Waals surface area contributed by atoms with Crippen LogP contribution in [0.3, 0.4) is 0 Å². The maximum absolute atomic E-state index is 12.7. The van der Waals surface area contributed by atoms with E-state index in [4.69, 9.17) is 9.47 Å². The van der Waals surface area contributed by atoms with E-state index in [0.717, 1.165) is 70.7 Å². The van der Waals surface area contributed by atoms with Gasteiger partial charge in [0.2, 0.25) is 5.91 Å². The lowest BCUT2D eigenvalue weighted by Gasteiger charge is -2.42. The van der Waals surface area contributed by atoms with Crippen molar-refractivity contribution in [3.63, 3.8) is 0 Å². The van der Waals surface area contributed by atoms with Gasteiger partial charge < -0.3 is 14.4 Å². The first kappa shape index (κ1) is 20.8. The largest absolute Gasteiger partial charge is 0.384 e. The minimum atomic E-state index is 0.244. The first-order chi connectivity index (χ1) is 14.2. The lowest BCUT2D eigenvalue weighted by Crippen LogP contribution is -2.49. The fourth-order valence-electron chi connectivity index (χ4n) is 5.22. The van der Waals surface area contributed by atoms with Crippen molar-refractivity contribution in [3.8, 4) is 0 Å². The maximum Gasteiger partial charge on any atom is 0.236 e. The van der Waals surface area contributed by atoms with Crippen molar-refractivity contribution in [2.75, 3.05) is 59.7 Å². The van der Waals surface area contributed by atoms with Gasteiger partial charge in [-0.05, 0) is 54.9 Å². The molecule has 0 bridgehead atoms. The number of methoxy groups -OCH3 is 1. The van der Waals surface area contributed by atoms with Gasteiger partial charge in [0, 0.05) is 33.3 Å². The summed E-state index contributed by atoms with van der Waals surface area (Å²) < 4.78 is 11.0. The molecule has 29 heavy (non-hydrogen) atoms. The topological polar surface area (TPSA) is 42.0 Å². The minimum Gasteiger partial charge on any atom is -0.384 e. The number of nitrogens with zero attached hydrogens (tertiary/aromatic N) is 2. The number of carbonyl (C=O) groups is 1. The van der Waals surface area contributed by atoms with Crippen LogP contribution < -0.4 is 0 Å². The summed E-state index contributed by atoms with van der Waals surface area (Å²) in [5.41, 5.74) is 1.75. The van der Waals surface area contributed by atoms with Gasteiger partial charge in [0.1, 0.15) is 0 Å². The predicted molar refractivity (Wildman–Crippen MR) is 114 cm³/mol. The van der Waals surface area contributed by atoms with Crippen LogP contribution in [0.2, 0.25) is 0 Å². The van der Waals surface area contributed by atoms with Crippen LogP contribution in [0.1, 0.15) is 43.6 Å². The zero-order chi connectivity index (χ0) is 20.1. The average molecular weight is 401 g/mol. The number of amides is 1. The number of carbonyl (C=O) groups excluding carboxylic acids is 1. The summed E-state index contributed by atoms with van der Waals surface area (Å²) in [7, 11) is 1.82. The number of hydrogen-bond acceptors (Lipinski definition) is 4. The van der Waals surface area contributed by atoms with Crippen LogP contribution in [0, 0.1) is 11.3 Å². The second kappa shape index (κ2) is 9.59. The Labute approximate surface area is 175 Å². The van der Waals surface area contributed by atoms with Gasteiger partial charge in [-0.3, -0.25) is 9.69 Å². The van der Waals surface area contributed by atoms with Crippen LogP contribution >= 0.6 is 0 Å². The van der Waals surface area contributed by atoms with Crippen LogP contribution in [0.4, 0.5) is 0 Å². The molecule has 1 aromatic carbocycles. The van der Waals surface area contributed by atoms with Crippen molar-refractivity contribution >= 4 is 5.91 Å². The van der Waals surface area contributed by atoms with Crippen molar-refractivity contribution in [3.05, 3.63) is 35.9 Å². The Kier molecular flexibility index (Phi) is 6.88. The van der Waals surface area contributed by atoms with Gasteiger partial charge >= 0.3 is 0 Å². The van der Waals surface area contributed by atoms with Crippen molar-refractivity contribution in [1.29, 1.82) is 0 Å². The molecule has 3 fully saturated rings. The molecular formula is C24H36N2O3. The van der Waals surface area contributed by atoms with Crippen LogP contribution in [0.25, 0.3) is 0 Å². The quantitative estimate of drug-likeness (QED) is 0.672. The molecule has 2 atom stereocenters. The Balaban J connectivity index is 1.25. The van der Waals surface area contributed by atoms with Crippen LogP contribution in [-0.4, -0.2) is 75.4 Å². The van der Waals surface area contributed by atoms with Crippen LogP contribution in [0.5, 0.6) is 0 Å². The molecule has 3 aliphatic rings. The molecule has 2 heterocycles. The van der Waals surface area contributed by atoms with Crippen LogP contribution in [-0.2, 0) is 14.3 Å². The molecule has 0 radical (unpaired) electrons. The lowest BCUT2D eigenvalue weighted by atomic mass is 9.74. The van der Waals surface area contributed by atoms with E-state index in [1.807, 2.05) is 7.11 Å². The molecule has 1 amide bonds. The standard InChI is InChI=1S/C24H36N2O3/c1-28-19-24(8-7-21-17-22(21)20-5-3-2-4-6-20)9-11-26(12-10-24)23(27)18-25-13-15-29-16-14-25/h2-6,21-22H,7-19H2,1H3/t21-,22?/m1/s1. The van der Waals surface area contributed by atoms with Crippen molar-refractivity contribution in [2.45, 2.75) is 38.0 Å². The lowest BCUT2D eigenvalue weighted by molar-refractivity contribution is -0.136. The molecule has 0 N–H and O–H groups in total. The van der Waals surface area contributed by atoms with E-state index >= 15 is 0 Å². The summed E-state index contributed by atoms with van der Waals surface area (Å²) in [4.78, 5) is 17.0. The Hall–Kier alpha value is -1.43. The SMILES string of the molecule is COCC1(CC[C@@H]2CC2c2ccccc2)CCN(C(=O)CN2CCOCC2)CC1. The molecule has 5 heteroatoms. The normalized spacial score (nSPS) is 27.0. The van der Waals surface area contributed by atoms with E-state index in [1.165, 1.54) is 24.8 Å². The Morgan fingerprint density at radius 2 is 1.86 bits per heavy atom. The van der Waals surface area contributed by atoms with Crippen molar-refractivity contribution in [2.24, 2.45) is 11.3 Å². The molecule has 160 valence electrons. The predicted octanol–water partition coefficient (Wildman–Crippen LogP) is 3.16. The molecule has 0 spiro atoms. The van der Waals surface area contributed by atoms with Crippen LogP contribution in [0.15, 0.2) is 30.3 Å². The Bertz CT molecular complexity index is 651. The van der Waals surface area contributed by atoms with Gasteiger partial charge in [-0.2, -0.15) is 0 Å². The molecule has 5 nitrogen and oxygen atoms in total. The number of likely N-dealkylation sites (tertiary alicyclic amines) is 1. The third-order valence-corrected chi connectivity index (χ3v) is 7.29. The third kappa shape index (κ3) is 5.39. The van der Waals surface area contributed by atoms with Crippen molar-refractivity contribution in [1.82, 2.24) is 9.80 Å². The van der Waals surface area contributed by atoms with E-state index in [1.54, 1.807) is 0 Å². The summed E-state index contributed by atoms with van der Waals surface area (Å²) >= 11 is 0. The molecule has 2 saturated heterocycles. The van der Waals surface area contributed by atoms with Gasteiger partial charge in [-0.1, -0.05) is 30.3 Å². The molecule has 0 aromatic heterocycles. The molecule has 1 aliphatic carbocycles. The average Bonchev–Trinajstić information content (AvgIpc) is 3.54. The number of piperidine rings is 1. The number of hydrogen-bond donors (Lipinski definition) is 0. The van der Waals surface area contributed by atoms with Crippen molar-refractivity contribution < 1.29 is 14.3 Å². The zero-order valence-electron chi connectivity index (χ0n) is 17.9. The fraction of sp³-hybridized carbons (Fsp3) is 0.708. The van der Waals surface area contributed by atoms with Gasteiger partial charge in [0.05, 0.1) is 26.4 Å². The number of morpholine rings is 1. The fourth-order valence-corrected chi connectivity index (χ4v) is 5.22. The van der Waals surface area contributed by atoms with E-state index in [2.05, 4.69) is 40.1 Å². The van der Waals surface area contributed by atoms with E-state index < -0.39 is 0 Å². The zero-order valence-corrected chi connectivity index (χ0v) is 17.9. The Morgan fingerprint density at radius 3 is 2.55 bits per heavy atom. The van der Waals surface area contributed by atoms with E-state index in [0.29, 0.717) is 6.54 Å². The molecule has 2 aliphatic heterocycles. The summed E-state index contributed by atoms with van der Waals surface area (Å²) in [6.45, 7) is 6.35. The Morgan fingerprint density at radius 1 is 1.14 bits per heavy atom. The summed E-state index contributed by atoms with van der Waals surface area (Å²) in [5, 5.41) is 0. The monoisotopic (exact) mass is 400 g/mol. The second-order valence-corrected chi connectivity index (χ2v) is 9.25. The molecule has 1 aromatic rings. The highest BCUT2D eigenvalue weighted by Crippen LogP contribution is 2.52. The van der Waals surface area contributed by atoms with Gasteiger partial charge in [-0.15, -0.1) is 0 Å². The smallest absolute Gasteiger partial charge is 0.236 e. The summed E-state index contributed by atoms with van der Waals surface area (Å²) in [6.07, 6.45) is 5.97. The highest BCUT2D eigenvalue weighted by atomic mass is 16.5. The third-order valence-electron chi connectivity index (χ3n) is 7.29. The van der Waals surface area contributed by atoms with Gasteiger partial charge in [-0.25, -0.2) is 0 Å². The summed E-state index contributed by atoms with van der Waals surface area (Å²) in [5.74, 6) is 1.86. The van der Waals surface area contributed by atoms with Gasteiger partial charge in [0.15, 0.2) is 0 Å². The molecule has 1 saturated carbocycles. The first-order valence-corrected chi connectivity index (χ1v) is 11.3. The number of ether oxygens (including phenoxy) is 2. The molecule has 4 rings (SSSR count). The number of benzene rings is 1. The highest BCUT2D eigenvalue weighted by molar-refractivity contribution is 5.78. The number of rotatable bonds is 8. The minimum absolute atomic E-state index is 0.244. The second-order valence-electron chi connectivity index (χ2n) is 9.25. The van der Waals surface area contributed by atoms with E-state index in [-0.39, 0.29) is 11.3 Å². The highest BCUT2D eigenvalue weighted by Gasteiger charge is 2.42.